The fourth-order valence-corrected chi connectivity index (χ4v) is 0.542. The summed E-state index contributed by atoms with van der Waals surface area (Å²) < 4.78 is 9.56. The molecule has 0 amide bonds. The molecule has 0 aliphatic carbocycles. The van der Waals surface area contributed by atoms with Gasteiger partial charge in [-0.2, -0.15) is 0 Å². The second kappa shape index (κ2) is 4.87. The predicted octanol–water partition coefficient (Wildman–Crippen LogP) is 0.383. The van der Waals surface area contributed by atoms with Crippen molar-refractivity contribution in [2.45, 2.75) is 26.4 Å². The van der Waals surface area contributed by atoms with Crippen LogP contribution in [0.2, 0.25) is 0 Å². The summed E-state index contributed by atoms with van der Waals surface area (Å²) in [6.45, 7) is 6.47. The maximum absolute atomic E-state index is 10.5. The van der Waals surface area contributed by atoms with E-state index in [1.54, 1.807) is 13.8 Å². The summed E-state index contributed by atoms with van der Waals surface area (Å²) in [4.78, 5) is 10.5. The fourth-order valence-electron chi connectivity index (χ4n) is 0.542. The molecule has 0 radical (unpaired) electrons. The van der Waals surface area contributed by atoms with Crippen LogP contribution in [0, 0.1) is 0 Å². The third kappa shape index (κ3) is 5.57. The number of ether oxygens (including phenoxy) is 2. The van der Waals surface area contributed by atoms with E-state index in [1.165, 1.54) is 0 Å². The van der Waals surface area contributed by atoms with E-state index in [-0.39, 0.29) is 0 Å². The SMILES string of the molecule is C=CC(=O)OC(C)OC(C)N. The zero-order valence-electron chi connectivity index (χ0n) is 6.74. The molecule has 11 heavy (non-hydrogen) atoms. The molecular weight excluding hydrogens is 146 g/mol. The van der Waals surface area contributed by atoms with Gasteiger partial charge < -0.3 is 15.2 Å². The Hall–Kier alpha value is -0.870. The molecule has 0 aromatic rings. The second-order valence-corrected chi connectivity index (χ2v) is 2.05. The van der Waals surface area contributed by atoms with Crippen LogP contribution in [0.1, 0.15) is 13.8 Å². The Morgan fingerprint density at radius 2 is 2.18 bits per heavy atom. The van der Waals surface area contributed by atoms with Crippen LogP contribution in [0.3, 0.4) is 0 Å². The number of esters is 1. The van der Waals surface area contributed by atoms with Gasteiger partial charge in [-0.15, -0.1) is 0 Å². The lowest BCUT2D eigenvalue weighted by molar-refractivity contribution is -0.176. The van der Waals surface area contributed by atoms with Crippen molar-refractivity contribution in [1.29, 1.82) is 0 Å². The minimum absolute atomic E-state index is 0.442. The molecule has 0 fully saturated rings. The van der Waals surface area contributed by atoms with Gasteiger partial charge in [0.05, 0.1) is 0 Å². The van der Waals surface area contributed by atoms with Crippen LogP contribution in [0.4, 0.5) is 0 Å². The summed E-state index contributed by atoms with van der Waals surface area (Å²) in [5.41, 5.74) is 5.27. The predicted molar refractivity (Wildman–Crippen MR) is 40.5 cm³/mol. The van der Waals surface area contributed by atoms with E-state index in [9.17, 15) is 4.79 Å². The van der Waals surface area contributed by atoms with Gasteiger partial charge in [-0.25, -0.2) is 4.79 Å². The van der Waals surface area contributed by atoms with Crippen molar-refractivity contribution in [3.8, 4) is 0 Å². The number of carbonyl (C=O) groups is 1. The highest BCUT2D eigenvalue weighted by atomic mass is 16.7. The molecular formula is C7H13NO3. The van der Waals surface area contributed by atoms with Gasteiger partial charge in [0.15, 0.2) is 0 Å². The molecule has 0 rings (SSSR count). The van der Waals surface area contributed by atoms with Crippen LogP contribution in [0.15, 0.2) is 12.7 Å². The van der Waals surface area contributed by atoms with Gasteiger partial charge in [0, 0.05) is 6.08 Å². The second-order valence-electron chi connectivity index (χ2n) is 2.05. The van der Waals surface area contributed by atoms with Crippen LogP contribution in [-0.4, -0.2) is 18.5 Å². The highest BCUT2D eigenvalue weighted by molar-refractivity contribution is 5.81. The largest absolute Gasteiger partial charge is 0.433 e. The monoisotopic (exact) mass is 159 g/mol. The Kier molecular flexibility index (Phi) is 4.49. The van der Waals surface area contributed by atoms with Crippen LogP contribution in [0.5, 0.6) is 0 Å². The third-order valence-corrected chi connectivity index (χ3v) is 0.855. The van der Waals surface area contributed by atoms with Crippen molar-refractivity contribution in [3.63, 3.8) is 0 Å². The standard InChI is InChI=1S/C7H13NO3/c1-4-7(9)11-6(3)10-5(2)8/h4-6H,1,8H2,2-3H3. The lowest BCUT2D eigenvalue weighted by Crippen LogP contribution is -2.27. The average molecular weight is 159 g/mol. The van der Waals surface area contributed by atoms with Crippen molar-refractivity contribution in [1.82, 2.24) is 0 Å². The number of nitrogens with two attached hydrogens (primary N) is 1. The van der Waals surface area contributed by atoms with Gasteiger partial charge in [0.2, 0.25) is 6.29 Å². The normalized spacial score (nSPS) is 15.2. The average Bonchev–Trinajstić information content (AvgIpc) is 1.85. The fraction of sp³-hybridized carbons (Fsp3) is 0.571. The van der Waals surface area contributed by atoms with Crippen LogP contribution in [-0.2, 0) is 14.3 Å². The van der Waals surface area contributed by atoms with Crippen LogP contribution < -0.4 is 5.73 Å². The first kappa shape index (κ1) is 10.1. The first-order valence-corrected chi connectivity index (χ1v) is 3.30. The minimum Gasteiger partial charge on any atom is -0.433 e. The molecule has 4 heteroatoms. The topological polar surface area (TPSA) is 61.5 Å². The minimum atomic E-state index is -0.625. The lowest BCUT2D eigenvalue weighted by Gasteiger charge is -2.14. The summed E-state index contributed by atoms with van der Waals surface area (Å²) >= 11 is 0. The van der Waals surface area contributed by atoms with E-state index in [0.717, 1.165) is 6.08 Å². The van der Waals surface area contributed by atoms with Gasteiger partial charge in [-0.1, -0.05) is 6.58 Å². The maximum atomic E-state index is 10.5. The van der Waals surface area contributed by atoms with E-state index in [2.05, 4.69) is 11.3 Å². The Balaban J connectivity index is 3.59. The summed E-state index contributed by atoms with van der Waals surface area (Å²) in [6, 6.07) is 0. The molecule has 0 aliphatic heterocycles. The molecule has 4 nitrogen and oxygen atoms in total. The molecule has 0 aromatic heterocycles. The molecule has 2 unspecified atom stereocenters. The first-order chi connectivity index (χ1) is 5.06. The highest BCUT2D eigenvalue weighted by Crippen LogP contribution is 1.96. The summed E-state index contributed by atoms with van der Waals surface area (Å²) in [5.74, 6) is -0.516. The number of rotatable bonds is 4. The number of carbonyl (C=O) groups excluding carboxylic acids is 1. The van der Waals surface area contributed by atoms with Crippen LogP contribution in [0.25, 0.3) is 0 Å². The van der Waals surface area contributed by atoms with Gasteiger partial charge in [0.1, 0.15) is 6.23 Å². The molecule has 0 heterocycles. The molecule has 0 bridgehead atoms. The smallest absolute Gasteiger partial charge is 0.332 e. The molecule has 64 valence electrons. The zero-order chi connectivity index (χ0) is 8.85. The molecule has 0 saturated heterocycles. The van der Waals surface area contributed by atoms with Crippen molar-refractivity contribution >= 4 is 5.97 Å². The van der Waals surface area contributed by atoms with Gasteiger partial charge in [0.25, 0.3) is 0 Å². The Morgan fingerprint density at radius 1 is 1.64 bits per heavy atom. The molecule has 2 N–H and O–H groups in total. The summed E-state index contributed by atoms with van der Waals surface area (Å²) in [6.07, 6.45) is 0.00392. The zero-order valence-corrected chi connectivity index (χ0v) is 6.74. The Labute approximate surface area is 66.0 Å². The van der Waals surface area contributed by atoms with Crippen molar-refractivity contribution < 1.29 is 14.3 Å². The Bertz CT molecular complexity index is 145. The lowest BCUT2D eigenvalue weighted by atomic mass is 10.6. The quantitative estimate of drug-likeness (QED) is 0.366. The molecule has 0 aliphatic rings. The number of hydrogen-bond donors (Lipinski definition) is 1. The van der Waals surface area contributed by atoms with E-state index in [1.807, 2.05) is 0 Å². The Morgan fingerprint density at radius 3 is 2.55 bits per heavy atom. The van der Waals surface area contributed by atoms with Crippen molar-refractivity contribution in [2.75, 3.05) is 0 Å². The third-order valence-electron chi connectivity index (χ3n) is 0.855. The van der Waals surface area contributed by atoms with Crippen LogP contribution >= 0.6 is 0 Å². The van der Waals surface area contributed by atoms with Gasteiger partial charge in [-0.3, -0.25) is 0 Å². The molecule has 2 atom stereocenters. The van der Waals surface area contributed by atoms with Crippen molar-refractivity contribution in [3.05, 3.63) is 12.7 Å². The summed E-state index contributed by atoms with van der Waals surface area (Å²) in [7, 11) is 0. The van der Waals surface area contributed by atoms with E-state index >= 15 is 0 Å². The van der Waals surface area contributed by atoms with Gasteiger partial charge in [-0.05, 0) is 13.8 Å². The molecule has 0 aromatic carbocycles. The highest BCUT2D eigenvalue weighted by Gasteiger charge is 2.07. The van der Waals surface area contributed by atoms with E-state index < -0.39 is 18.5 Å². The summed E-state index contributed by atoms with van der Waals surface area (Å²) in [5, 5.41) is 0. The molecule has 0 spiro atoms. The molecule has 0 saturated carbocycles. The van der Waals surface area contributed by atoms with E-state index in [4.69, 9.17) is 10.5 Å². The maximum Gasteiger partial charge on any atom is 0.332 e. The first-order valence-electron chi connectivity index (χ1n) is 3.30. The number of hydrogen-bond acceptors (Lipinski definition) is 4. The van der Waals surface area contributed by atoms with Gasteiger partial charge >= 0.3 is 5.97 Å². The van der Waals surface area contributed by atoms with Crippen molar-refractivity contribution in [2.24, 2.45) is 5.73 Å². The van der Waals surface area contributed by atoms with E-state index in [0.29, 0.717) is 0 Å².